The SMILES string of the molecule is Cn1c(-n2cc(-c3ccc(Cl)c(C(=O)O)c3)cn2)ccc1C(F)(C(F)(F)F)C(F)(F)F. The van der Waals surface area contributed by atoms with Crippen LogP contribution >= 0.6 is 11.6 Å². The van der Waals surface area contributed by atoms with Crippen molar-refractivity contribution in [2.45, 2.75) is 18.0 Å². The molecule has 0 bridgehead atoms. The van der Waals surface area contributed by atoms with Crippen molar-refractivity contribution in [3.8, 4) is 16.9 Å². The summed E-state index contributed by atoms with van der Waals surface area (Å²) in [7, 11) is 0.836. The van der Waals surface area contributed by atoms with E-state index in [1.54, 1.807) is 0 Å². The van der Waals surface area contributed by atoms with Crippen LogP contribution in [0.25, 0.3) is 16.9 Å². The summed E-state index contributed by atoms with van der Waals surface area (Å²) in [5.41, 5.74) is -6.85. The minimum absolute atomic E-state index is 0.0331. The topological polar surface area (TPSA) is 60.0 Å². The molecule has 0 saturated carbocycles. The third-order valence-corrected chi connectivity index (χ3v) is 4.91. The maximum atomic E-state index is 14.4. The molecule has 3 aromatic rings. The van der Waals surface area contributed by atoms with Gasteiger partial charge in [-0.2, -0.15) is 31.4 Å². The molecule has 1 N–H and O–H groups in total. The van der Waals surface area contributed by atoms with Gasteiger partial charge in [-0.3, -0.25) is 0 Å². The Balaban J connectivity index is 2.07. The van der Waals surface area contributed by atoms with Crippen LogP contribution in [-0.2, 0) is 12.7 Å². The van der Waals surface area contributed by atoms with Gasteiger partial charge in [0.15, 0.2) is 0 Å². The van der Waals surface area contributed by atoms with E-state index in [1.807, 2.05) is 0 Å². The van der Waals surface area contributed by atoms with Gasteiger partial charge in [-0.15, -0.1) is 0 Å². The van der Waals surface area contributed by atoms with Gasteiger partial charge in [0.05, 0.1) is 22.5 Å². The molecule has 0 fully saturated rings. The molecule has 0 radical (unpaired) electrons. The van der Waals surface area contributed by atoms with Crippen LogP contribution in [0.3, 0.4) is 0 Å². The Morgan fingerprint density at radius 3 is 2.16 bits per heavy atom. The first-order chi connectivity index (χ1) is 14.2. The molecule has 3 rings (SSSR count). The zero-order valence-corrected chi connectivity index (χ0v) is 16.0. The first kappa shape index (κ1) is 22.7. The van der Waals surface area contributed by atoms with Gasteiger partial charge < -0.3 is 9.67 Å². The molecule has 1 aromatic carbocycles. The summed E-state index contributed by atoms with van der Waals surface area (Å²) in [4.78, 5) is 11.2. The standard InChI is InChI=1S/C18H11ClF7N3O2/c1-28-13(16(20,17(21,22)23)18(24,25)26)4-5-14(28)29-8-10(7-27-29)9-2-3-12(19)11(6-9)15(30)31/h2-8H,1H3,(H,30,31). The van der Waals surface area contributed by atoms with Gasteiger partial charge in [-0.05, 0) is 29.8 Å². The molecule has 0 atom stereocenters. The number of carboxylic acid groups (broad SMARTS) is 1. The minimum atomic E-state index is -6.25. The van der Waals surface area contributed by atoms with E-state index in [0.717, 1.165) is 17.8 Å². The Kier molecular flexibility index (Phi) is 5.33. The van der Waals surface area contributed by atoms with Crippen molar-refractivity contribution in [1.29, 1.82) is 0 Å². The number of aromatic nitrogens is 3. The average molecular weight is 470 g/mol. The zero-order chi connectivity index (χ0) is 23.4. The van der Waals surface area contributed by atoms with Gasteiger partial charge in [-0.1, -0.05) is 17.7 Å². The second-order valence-corrected chi connectivity index (χ2v) is 6.87. The average Bonchev–Trinajstić information content (AvgIpc) is 3.26. The molecule has 2 aromatic heterocycles. The molecule has 2 heterocycles. The number of hydrogen-bond donors (Lipinski definition) is 1. The van der Waals surface area contributed by atoms with E-state index in [4.69, 9.17) is 16.7 Å². The molecule has 0 spiro atoms. The number of halogens is 8. The number of hydrogen-bond acceptors (Lipinski definition) is 2. The smallest absolute Gasteiger partial charge is 0.437 e. The van der Waals surface area contributed by atoms with E-state index >= 15 is 0 Å². The highest BCUT2D eigenvalue weighted by atomic mass is 35.5. The van der Waals surface area contributed by atoms with Crippen molar-refractivity contribution in [1.82, 2.24) is 14.3 Å². The number of rotatable bonds is 4. The Morgan fingerprint density at radius 2 is 1.61 bits per heavy atom. The second kappa shape index (κ2) is 7.29. The molecule has 0 saturated heterocycles. The summed E-state index contributed by atoms with van der Waals surface area (Å²) in [5, 5.41) is 13.0. The Bertz CT molecular complexity index is 1130. The highest BCUT2D eigenvalue weighted by Crippen LogP contribution is 2.53. The lowest BCUT2D eigenvalue weighted by molar-refractivity contribution is -0.350. The molecule has 0 aliphatic rings. The molecule has 0 unspecified atom stereocenters. The number of benzene rings is 1. The number of alkyl halides is 7. The fraction of sp³-hybridized carbons (Fsp3) is 0.222. The first-order valence-electron chi connectivity index (χ1n) is 8.25. The summed E-state index contributed by atoms with van der Waals surface area (Å²) < 4.78 is 94.0. The van der Waals surface area contributed by atoms with Crippen LogP contribution in [0.4, 0.5) is 30.7 Å². The molecular formula is C18H11ClF7N3O2. The highest BCUT2D eigenvalue weighted by molar-refractivity contribution is 6.33. The van der Waals surface area contributed by atoms with Crippen LogP contribution in [0.15, 0.2) is 42.7 Å². The van der Waals surface area contributed by atoms with Crippen LogP contribution < -0.4 is 0 Å². The molecule has 0 aliphatic carbocycles. The predicted octanol–water partition coefficient (Wildman–Crippen LogP) is 5.52. The largest absolute Gasteiger partial charge is 0.478 e. The van der Waals surface area contributed by atoms with Gasteiger partial charge in [0, 0.05) is 18.8 Å². The van der Waals surface area contributed by atoms with Crippen molar-refractivity contribution in [3.05, 3.63) is 59.0 Å². The van der Waals surface area contributed by atoms with Crippen LogP contribution in [0, 0.1) is 0 Å². The number of carboxylic acids is 1. The van der Waals surface area contributed by atoms with Crippen molar-refractivity contribution in [2.24, 2.45) is 7.05 Å². The van der Waals surface area contributed by atoms with Crippen LogP contribution in [0.5, 0.6) is 0 Å². The maximum Gasteiger partial charge on any atom is 0.437 e. The van der Waals surface area contributed by atoms with E-state index in [-0.39, 0.29) is 16.4 Å². The van der Waals surface area contributed by atoms with Gasteiger partial charge in [0.1, 0.15) is 5.82 Å². The van der Waals surface area contributed by atoms with Crippen molar-refractivity contribution in [3.63, 3.8) is 0 Å². The molecular weight excluding hydrogens is 459 g/mol. The van der Waals surface area contributed by atoms with Crippen LogP contribution in [0.2, 0.25) is 5.02 Å². The van der Waals surface area contributed by atoms with Crippen molar-refractivity contribution >= 4 is 17.6 Å². The minimum Gasteiger partial charge on any atom is -0.478 e. The number of carbonyl (C=O) groups is 1. The van der Waals surface area contributed by atoms with Crippen molar-refractivity contribution < 1.29 is 40.6 Å². The van der Waals surface area contributed by atoms with E-state index in [9.17, 15) is 35.5 Å². The summed E-state index contributed by atoms with van der Waals surface area (Å²) >= 11 is 5.80. The monoisotopic (exact) mass is 469 g/mol. The molecule has 0 amide bonds. The van der Waals surface area contributed by atoms with Gasteiger partial charge in [-0.25, -0.2) is 13.9 Å². The lowest BCUT2D eigenvalue weighted by Gasteiger charge is -2.30. The summed E-state index contributed by atoms with van der Waals surface area (Å²) in [5.74, 6) is -1.59. The predicted molar refractivity (Wildman–Crippen MR) is 94.8 cm³/mol. The van der Waals surface area contributed by atoms with Gasteiger partial charge in [0.25, 0.3) is 0 Å². The van der Waals surface area contributed by atoms with Crippen LogP contribution in [0.1, 0.15) is 16.1 Å². The zero-order valence-electron chi connectivity index (χ0n) is 15.3. The Hall–Kier alpha value is -3.02. The summed E-state index contributed by atoms with van der Waals surface area (Å²) in [6.07, 6.45) is -10.1. The number of aromatic carboxylic acids is 1. The third kappa shape index (κ3) is 3.64. The normalized spacial score (nSPS) is 12.9. The number of nitrogens with zero attached hydrogens (tertiary/aromatic N) is 3. The van der Waals surface area contributed by atoms with Crippen molar-refractivity contribution in [2.75, 3.05) is 0 Å². The third-order valence-electron chi connectivity index (χ3n) is 4.58. The van der Waals surface area contributed by atoms with E-state index < -0.39 is 29.7 Å². The molecule has 31 heavy (non-hydrogen) atoms. The second-order valence-electron chi connectivity index (χ2n) is 6.46. The fourth-order valence-electron chi connectivity index (χ4n) is 2.99. The molecule has 13 heteroatoms. The maximum absolute atomic E-state index is 14.4. The van der Waals surface area contributed by atoms with E-state index in [0.29, 0.717) is 21.8 Å². The molecule has 166 valence electrons. The fourth-order valence-corrected chi connectivity index (χ4v) is 3.19. The summed E-state index contributed by atoms with van der Waals surface area (Å²) in [6.45, 7) is 0. The lowest BCUT2D eigenvalue weighted by Crippen LogP contribution is -2.51. The van der Waals surface area contributed by atoms with Gasteiger partial charge in [0.2, 0.25) is 0 Å². The van der Waals surface area contributed by atoms with Crippen LogP contribution in [-0.4, -0.2) is 37.8 Å². The van der Waals surface area contributed by atoms with E-state index in [1.165, 1.54) is 30.6 Å². The first-order valence-corrected chi connectivity index (χ1v) is 8.63. The molecule has 0 aliphatic heterocycles. The van der Waals surface area contributed by atoms with E-state index in [2.05, 4.69) is 5.10 Å². The quantitative estimate of drug-likeness (QED) is 0.512. The lowest BCUT2D eigenvalue weighted by atomic mass is 10.0. The van der Waals surface area contributed by atoms with Gasteiger partial charge >= 0.3 is 24.0 Å². The Morgan fingerprint density at radius 1 is 1.00 bits per heavy atom. The molecule has 5 nitrogen and oxygen atoms in total. The Labute approximate surface area is 174 Å². The summed E-state index contributed by atoms with van der Waals surface area (Å²) in [6, 6.07) is 5.21. The highest BCUT2D eigenvalue weighted by Gasteiger charge is 2.74.